The molecule has 21 heavy (non-hydrogen) atoms. The summed E-state index contributed by atoms with van der Waals surface area (Å²) < 4.78 is 40.0. The first-order valence-electron chi connectivity index (χ1n) is 6.06. The number of H-pyrrole nitrogens is 1. The molecular formula is C14H10F3N3O. The highest BCUT2D eigenvalue weighted by molar-refractivity contribution is 5.91. The van der Waals surface area contributed by atoms with Gasteiger partial charge in [-0.3, -0.25) is 0 Å². The van der Waals surface area contributed by atoms with Crippen LogP contribution >= 0.6 is 0 Å². The average Bonchev–Trinajstić information content (AvgIpc) is 2.83. The molecular weight excluding hydrogens is 283 g/mol. The van der Waals surface area contributed by atoms with Crippen LogP contribution in [0.15, 0.2) is 48.8 Å². The van der Waals surface area contributed by atoms with Crippen molar-refractivity contribution in [3.05, 3.63) is 48.8 Å². The number of aromatic amines is 1. The predicted molar refractivity (Wildman–Crippen MR) is 72.5 cm³/mol. The van der Waals surface area contributed by atoms with E-state index in [4.69, 9.17) is 0 Å². The lowest BCUT2D eigenvalue weighted by molar-refractivity contribution is -0.274. The number of aromatic nitrogens is 2. The molecule has 108 valence electrons. The van der Waals surface area contributed by atoms with Crippen LogP contribution in [0.25, 0.3) is 11.0 Å². The number of hydrogen-bond acceptors (Lipinski definition) is 3. The average molecular weight is 293 g/mol. The molecule has 2 heterocycles. The normalized spacial score (nSPS) is 11.6. The summed E-state index contributed by atoms with van der Waals surface area (Å²) in [7, 11) is 0. The topological polar surface area (TPSA) is 49.9 Å². The van der Waals surface area contributed by atoms with Gasteiger partial charge >= 0.3 is 6.36 Å². The molecule has 0 aliphatic heterocycles. The van der Waals surface area contributed by atoms with E-state index >= 15 is 0 Å². The van der Waals surface area contributed by atoms with Crippen LogP contribution < -0.4 is 10.1 Å². The van der Waals surface area contributed by atoms with Crippen molar-refractivity contribution in [2.24, 2.45) is 0 Å². The van der Waals surface area contributed by atoms with Gasteiger partial charge in [-0.05, 0) is 36.4 Å². The lowest BCUT2D eigenvalue weighted by Gasteiger charge is -2.10. The molecule has 1 aromatic carbocycles. The van der Waals surface area contributed by atoms with E-state index in [1.165, 1.54) is 24.3 Å². The fraction of sp³-hybridized carbons (Fsp3) is 0.0714. The molecule has 2 aromatic heterocycles. The predicted octanol–water partition coefficient (Wildman–Crippen LogP) is 4.21. The number of hydrogen-bond donors (Lipinski definition) is 2. The number of pyridine rings is 1. The van der Waals surface area contributed by atoms with Crippen LogP contribution in [0, 0.1) is 0 Å². The third-order valence-electron chi connectivity index (χ3n) is 2.82. The van der Waals surface area contributed by atoms with E-state index in [0.717, 1.165) is 16.7 Å². The minimum Gasteiger partial charge on any atom is -0.406 e. The van der Waals surface area contributed by atoms with E-state index in [1.807, 2.05) is 12.1 Å². The zero-order valence-corrected chi connectivity index (χ0v) is 10.6. The van der Waals surface area contributed by atoms with Gasteiger partial charge < -0.3 is 15.0 Å². The number of halogens is 3. The SMILES string of the molecule is FC(F)(F)Oc1ccc(Nc2c[nH]c3ncccc23)cc1. The lowest BCUT2D eigenvalue weighted by Crippen LogP contribution is -2.16. The first-order valence-corrected chi connectivity index (χ1v) is 6.06. The van der Waals surface area contributed by atoms with Gasteiger partial charge in [-0.2, -0.15) is 0 Å². The second kappa shape index (κ2) is 5.01. The summed E-state index contributed by atoms with van der Waals surface area (Å²) in [6, 6.07) is 9.22. The smallest absolute Gasteiger partial charge is 0.406 e. The Morgan fingerprint density at radius 2 is 1.86 bits per heavy atom. The van der Waals surface area contributed by atoms with E-state index in [0.29, 0.717) is 5.69 Å². The number of rotatable bonds is 3. The third-order valence-corrected chi connectivity index (χ3v) is 2.82. The molecule has 7 heteroatoms. The van der Waals surface area contributed by atoms with Crippen molar-refractivity contribution in [1.82, 2.24) is 9.97 Å². The van der Waals surface area contributed by atoms with Crippen LogP contribution in [0.4, 0.5) is 24.5 Å². The first kappa shape index (κ1) is 13.3. The number of nitrogens with zero attached hydrogens (tertiary/aromatic N) is 1. The van der Waals surface area contributed by atoms with Crippen LogP contribution in [0.5, 0.6) is 5.75 Å². The van der Waals surface area contributed by atoms with Gasteiger partial charge in [0.2, 0.25) is 0 Å². The van der Waals surface area contributed by atoms with E-state index in [9.17, 15) is 13.2 Å². The summed E-state index contributed by atoms with van der Waals surface area (Å²) in [6.07, 6.45) is -1.26. The monoisotopic (exact) mass is 293 g/mol. The summed E-state index contributed by atoms with van der Waals surface area (Å²) in [5.41, 5.74) is 2.17. The maximum atomic E-state index is 12.1. The molecule has 0 fully saturated rings. The van der Waals surface area contributed by atoms with Crippen molar-refractivity contribution in [3.63, 3.8) is 0 Å². The van der Waals surface area contributed by atoms with Gasteiger partial charge in [0.25, 0.3) is 0 Å². The summed E-state index contributed by atoms with van der Waals surface area (Å²) in [6.45, 7) is 0. The van der Waals surface area contributed by atoms with Gasteiger partial charge in [0.05, 0.1) is 5.69 Å². The van der Waals surface area contributed by atoms with Gasteiger partial charge in [0, 0.05) is 23.5 Å². The van der Waals surface area contributed by atoms with Crippen LogP contribution in [-0.4, -0.2) is 16.3 Å². The van der Waals surface area contributed by atoms with Crippen molar-refractivity contribution in [2.75, 3.05) is 5.32 Å². The molecule has 0 saturated heterocycles. The Morgan fingerprint density at radius 3 is 2.57 bits per heavy atom. The number of ether oxygens (including phenoxy) is 1. The summed E-state index contributed by atoms with van der Waals surface area (Å²) in [5.74, 6) is -0.256. The highest BCUT2D eigenvalue weighted by Gasteiger charge is 2.30. The Bertz CT molecular complexity index is 750. The van der Waals surface area contributed by atoms with Crippen LogP contribution in [0.2, 0.25) is 0 Å². The molecule has 3 aromatic rings. The summed E-state index contributed by atoms with van der Waals surface area (Å²) >= 11 is 0. The fourth-order valence-electron chi connectivity index (χ4n) is 1.95. The highest BCUT2D eigenvalue weighted by atomic mass is 19.4. The Balaban J connectivity index is 1.79. The number of nitrogens with one attached hydrogen (secondary N) is 2. The molecule has 0 bridgehead atoms. The number of alkyl halides is 3. The first-order chi connectivity index (χ1) is 10.0. The van der Waals surface area contributed by atoms with Crippen molar-refractivity contribution in [2.45, 2.75) is 6.36 Å². The Kier molecular flexibility index (Phi) is 3.17. The van der Waals surface area contributed by atoms with Crippen molar-refractivity contribution >= 4 is 22.4 Å². The number of fused-ring (bicyclic) bond motifs is 1. The third kappa shape index (κ3) is 3.07. The Morgan fingerprint density at radius 1 is 1.10 bits per heavy atom. The van der Waals surface area contributed by atoms with Crippen LogP contribution in [0.3, 0.4) is 0 Å². The molecule has 0 saturated carbocycles. The maximum Gasteiger partial charge on any atom is 0.573 e. The molecule has 0 amide bonds. The van der Waals surface area contributed by atoms with E-state index in [1.54, 1.807) is 12.4 Å². The maximum absolute atomic E-state index is 12.1. The molecule has 3 rings (SSSR count). The number of anilines is 2. The highest BCUT2D eigenvalue weighted by Crippen LogP contribution is 2.27. The molecule has 0 atom stereocenters. The standard InChI is InChI=1S/C14H10F3N3O/c15-14(16,17)21-10-5-3-9(4-6-10)20-12-8-19-13-11(12)2-1-7-18-13/h1-8,20H,(H,18,19). The Hall–Kier alpha value is -2.70. The zero-order valence-electron chi connectivity index (χ0n) is 10.6. The second-order valence-electron chi connectivity index (χ2n) is 4.30. The van der Waals surface area contributed by atoms with E-state index in [2.05, 4.69) is 20.0 Å². The quantitative estimate of drug-likeness (QED) is 0.760. The largest absolute Gasteiger partial charge is 0.573 e. The van der Waals surface area contributed by atoms with Gasteiger partial charge in [-0.15, -0.1) is 13.2 Å². The van der Waals surface area contributed by atoms with Gasteiger partial charge in [0.1, 0.15) is 11.4 Å². The lowest BCUT2D eigenvalue weighted by atomic mass is 10.2. The molecule has 2 N–H and O–H groups in total. The second-order valence-corrected chi connectivity index (χ2v) is 4.30. The summed E-state index contributed by atoms with van der Waals surface area (Å²) in [5, 5.41) is 4.01. The zero-order chi connectivity index (χ0) is 14.9. The van der Waals surface area contributed by atoms with Crippen molar-refractivity contribution < 1.29 is 17.9 Å². The minimum absolute atomic E-state index is 0.256. The van der Waals surface area contributed by atoms with E-state index in [-0.39, 0.29) is 5.75 Å². The number of benzene rings is 1. The Labute approximate surface area is 117 Å². The van der Waals surface area contributed by atoms with Gasteiger partial charge in [-0.25, -0.2) is 4.98 Å². The molecule has 0 unspecified atom stereocenters. The van der Waals surface area contributed by atoms with Crippen LogP contribution in [-0.2, 0) is 0 Å². The van der Waals surface area contributed by atoms with Crippen molar-refractivity contribution in [1.29, 1.82) is 0 Å². The summed E-state index contributed by atoms with van der Waals surface area (Å²) in [4.78, 5) is 7.16. The molecule has 0 aliphatic rings. The van der Waals surface area contributed by atoms with Gasteiger partial charge in [0.15, 0.2) is 0 Å². The molecule has 0 spiro atoms. The van der Waals surface area contributed by atoms with Gasteiger partial charge in [-0.1, -0.05) is 0 Å². The molecule has 0 radical (unpaired) electrons. The molecule has 0 aliphatic carbocycles. The fourth-order valence-corrected chi connectivity index (χ4v) is 1.95. The minimum atomic E-state index is -4.68. The molecule has 4 nitrogen and oxygen atoms in total. The van der Waals surface area contributed by atoms with Crippen LogP contribution in [0.1, 0.15) is 0 Å². The van der Waals surface area contributed by atoms with Crippen molar-refractivity contribution in [3.8, 4) is 5.75 Å². The van der Waals surface area contributed by atoms with E-state index < -0.39 is 6.36 Å².